The molecule has 86 valence electrons. The summed E-state index contributed by atoms with van der Waals surface area (Å²) in [5.74, 6) is 0. The molecule has 2 aliphatic rings. The quantitative estimate of drug-likeness (QED) is 0.524. The lowest BCUT2D eigenvalue weighted by molar-refractivity contribution is 0.167. The maximum atomic E-state index is 5.45. The summed E-state index contributed by atoms with van der Waals surface area (Å²) in [5, 5.41) is 0. The molecule has 0 spiro atoms. The van der Waals surface area contributed by atoms with Gasteiger partial charge < -0.3 is 9.64 Å². The number of allylic oxidation sites excluding steroid dienone is 1. The van der Waals surface area contributed by atoms with E-state index in [-0.39, 0.29) is 5.60 Å². The minimum atomic E-state index is 0.166. The SMILES string of the molecule is CC1=C(C)CC(N(C)CC2(C)CO2)CC1. The number of nitrogens with zero attached hydrogens (tertiary/aromatic N) is 1. The van der Waals surface area contributed by atoms with Crippen LogP contribution in [-0.4, -0.2) is 36.7 Å². The summed E-state index contributed by atoms with van der Waals surface area (Å²) in [4.78, 5) is 2.49. The van der Waals surface area contributed by atoms with E-state index in [9.17, 15) is 0 Å². The molecule has 1 saturated heterocycles. The summed E-state index contributed by atoms with van der Waals surface area (Å²) in [6.45, 7) is 8.80. The van der Waals surface area contributed by atoms with Crippen LogP contribution >= 0.6 is 0 Å². The van der Waals surface area contributed by atoms with E-state index in [4.69, 9.17) is 4.74 Å². The molecule has 0 amide bonds. The summed E-state index contributed by atoms with van der Waals surface area (Å²) in [7, 11) is 2.24. The molecule has 1 heterocycles. The Bertz CT molecular complexity index is 278. The van der Waals surface area contributed by atoms with Crippen LogP contribution in [-0.2, 0) is 4.74 Å². The van der Waals surface area contributed by atoms with Crippen LogP contribution < -0.4 is 0 Å². The van der Waals surface area contributed by atoms with Crippen molar-refractivity contribution in [1.29, 1.82) is 0 Å². The fraction of sp³-hybridized carbons (Fsp3) is 0.846. The monoisotopic (exact) mass is 209 g/mol. The Labute approximate surface area is 93.3 Å². The van der Waals surface area contributed by atoms with Gasteiger partial charge in [-0.15, -0.1) is 0 Å². The van der Waals surface area contributed by atoms with Crippen LogP contribution in [0.3, 0.4) is 0 Å². The van der Waals surface area contributed by atoms with Crippen molar-refractivity contribution in [2.75, 3.05) is 20.2 Å². The number of ether oxygens (including phenoxy) is 1. The standard InChI is InChI=1S/C13H23NO/c1-10-5-6-12(7-11(10)2)14(4)8-13(3)9-15-13/h12H,5-9H2,1-4H3. The van der Waals surface area contributed by atoms with Gasteiger partial charge in [0.05, 0.1) is 6.61 Å². The maximum absolute atomic E-state index is 5.45. The van der Waals surface area contributed by atoms with Gasteiger partial charge in [-0.1, -0.05) is 11.1 Å². The molecule has 0 saturated carbocycles. The first-order valence-electron chi connectivity index (χ1n) is 6.00. The van der Waals surface area contributed by atoms with Gasteiger partial charge >= 0.3 is 0 Å². The first kappa shape index (κ1) is 11.2. The second kappa shape index (κ2) is 3.91. The average molecular weight is 209 g/mol. The van der Waals surface area contributed by atoms with Crippen molar-refractivity contribution < 1.29 is 4.74 Å². The Hall–Kier alpha value is -0.340. The van der Waals surface area contributed by atoms with Crippen molar-refractivity contribution in [3.8, 4) is 0 Å². The number of likely N-dealkylation sites (N-methyl/N-ethyl adjacent to an activating group) is 1. The molecule has 1 aliphatic heterocycles. The van der Waals surface area contributed by atoms with Crippen LogP contribution in [0.2, 0.25) is 0 Å². The smallest absolute Gasteiger partial charge is 0.101 e. The number of hydrogen-bond acceptors (Lipinski definition) is 2. The third kappa shape index (κ3) is 2.61. The molecule has 1 fully saturated rings. The van der Waals surface area contributed by atoms with E-state index >= 15 is 0 Å². The molecule has 0 aromatic heterocycles. The van der Waals surface area contributed by atoms with Crippen molar-refractivity contribution in [2.24, 2.45) is 0 Å². The van der Waals surface area contributed by atoms with Gasteiger partial charge in [0.2, 0.25) is 0 Å². The van der Waals surface area contributed by atoms with Crippen molar-refractivity contribution >= 4 is 0 Å². The third-order valence-electron chi connectivity index (χ3n) is 3.97. The van der Waals surface area contributed by atoms with Gasteiger partial charge in [0.25, 0.3) is 0 Å². The van der Waals surface area contributed by atoms with E-state index in [1.807, 2.05) is 0 Å². The molecule has 2 atom stereocenters. The van der Waals surface area contributed by atoms with Crippen molar-refractivity contribution in [3.63, 3.8) is 0 Å². The first-order valence-corrected chi connectivity index (χ1v) is 6.00. The molecule has 2 nitrogen and oxygen atoms in total. The summed E-state index contributed by atoms with van der Waals surface area (Å²) >= 11 is 0. The fourth-order valence-corrected chi connectivity index (χ4v) is 2.47. The molecule has 0 N–H and O–H groups in total. The second-order valence-corrected chi connectivity index (χ2v) is 5.61. The summed E-state index contributed by atoms with van der Waals surface area (Å²) in [6, 6.07) is 0.731. The van der Waals surface area contributed by atoms with Gasteiger partial charge in [-0.3, -0.25) is 0 Å². The molecule has 15 heavy (non-hydrogen) atoms. The molecule has 0 aromatic carbocycles. The lowest BCUT2D eigenvalue weighted by Crippen LogP contribution is -2.39. The van der Waals surface area contributed by atoms with Crippen LogP contribution in [0.1, 0.15) is 40.0 Å². The molecule has 0 radical (unpaired) electrons. The highest BCUT2D eigenvalue weighted by Gasteiger charge is 2.41. The zero-order valence-corrected chi connectivity index (χ0v) is 10.5. The van der Waals surface area contributed by atoms with E-state index < -0.39 is 0 Å². The first-order chi connectivity index (χ1) is 7.00. The lowest BCUT2D eigenvalue weighted by atomic mass is 9.89. The van der Waals surface area contributed by atoms with Crippen LogP contribution in [0.5, 0.6) is 0 Å². The van der Waals surface area contributed by atoms with Gasteiger partial charge in [-0.25, -0.2) is 0 Å². The average Bonchev–Trinajstić information content (AvgIpc) is 2.88. The lowest BCUT2D eigenvalue weighted by Gasteiger charge is -2.33. The Morgan fingerprint density at radius 3 is 2.60 bits per heavy atom. The maximum Gasteiger partial charge on any atom is 0.101 e. The molecule has 0 aromatic rings. The highest BCUT2D eigenvalue weighted by molar-refractivity contribution is 5.15. The van der Waals surface area contributed by atoms with Gasteiger partial charge in [0.1, 0.15) is 5.60 Å². The second-order valence-electron chi connectivity index (χ2n) is 5.61. The van der Waals surface area contributed by atoms with Crippen LogP contribution in [0.25, 0.3) is 0 Å². The molecule has 1 aliphatic carbocycles. The zero-order chi connectivity index (χ0) is 11.1. The summed E-state index contributed by atoms with van der Waals surface area (Å²) in [6.07, 6.45) is 3.84. The molecular formula is C13H23NO. The Balaban J connectivity index is 1.89. The molecule has 2 heteroatoms. The van der Waals surface area contributed by atoms with Crippen LogP contribution in [0.15, 0.2) is 11.1 Å². The van der Waals surface area contributed by atoms with Crippen LogP contribution in [0.4, 0.5) is 0 Å². The molecule has 2 unspecified atom stereocenters. The predicted molar refractivity (Wildman–Crippen MR) is 63.0 cm³/mol. The molecule has 0 bridgehead atoms. The van der Waals surface area contributed by atoms with E-state index in [2.05, 4.69) is 32.7 Å². The topological polar surface area (TPSA) is 15.8 Å². The molecule has 2 rings (SSSR count). The Kier molecular flexibility index (Phi) is 2.91. The number of rotatable bonds is 3. The molecular weight excluding hydrogens is 186 g/mol. The van der Waals surface area contributed by atoms with Gasteiger partial charge in [0, 0.05) is 12.6 Å². The van der Waals surface area contributed by atoms with Gasteiger partial charge in [-0.05, 0) is 47.1 Å². The fourth-order valence-electron chi connectivity index (χ4n) is 2.47. The third-order valence-corrected chi connectivity index (χ3v) is 3.97. The van der Waals surface area contributed by atoms with Gasteiger partial charge in [-0.2, -0.15) is 0 Å². The Morgan fingerprint density at radius 2 is 2.07 bits per heavy atom. The summed E-state index contributed by atoms with van der Waals surface area (Å²) in [5.41, 5.74) is 3.37. The van der Waals surface area contributed by atoms with Crippen molar-refractivity contribution in [3.05, 3.63) is 11.1 Å². The predicted octanol–water partition coefficient (Wildman–Crippen LogP) is 2.60. The van der Waals surface area contributed by atoms with Crippen molar-refractivity contribution in [1.82, 2.24) is 4.90 Å². The number of hydrogen-bond donors (Lipinski definition) is 0. The van der Waals surface area contributed by atoms with E-state index in [0.717, 1.165) is 19.2 Å². The normalized spacial score (nSPS) is 36.2. The van der Waals surface area contributed by atoms with E-state index in [1.54, 1.807) is 11.1 Å². The van der Waals surface area contributed by atoms with E-state index in [0.29, 0.717) is 0 Å². The minimum absolute atomic E-state index is 0.166. The number of epoxide rings is 1. The largest absolute Gasteiger partial charge is 0.369 e. The minimum Gasteiger partial charge on any atom is -0.369 e. The summed E-state index contributed by atoms with van der Waals surface area (Å²) < 4.78 is 5.45. The zero-order valence-electron chi connectivity index (χ0n) is 10.5. The highest BCUT2D eigenvalue weighted by Crippen LogP contribution is 2.31. The van der Waals surface area contributed by atoms with E-state index in [1.165, 1.54) is 19.3 Å². The highest BCUT2D eigenvalue weighted by atomic mass is 16.6. The Morgan fingerprint density at radius 1 is 1.40 bits per heavy atom. The van der Waals surface area contributed by atoms with Gasteiger partial charge in [0.15, 0.2) is 0 Å². The van der Waals surface area contributed by atoms with Crippen molar-refractivity contribution in [2.45, 2.75) is 51.7 Å². The van der Waals surface area contributed by atoms with Crippen LogP contribution in [0, 0.1) is 0 Å².